The van der Waals surface area contributed by atoms with Crippen LogP contribution in [-0.2, 0) is 16.1 Å². The second kappa shape index (κ2) is 9.67. The lowest BCUT2D eigenvalue weighted by atomic mass is 10.1. The van der Waals surface area contributed by atoms with E-state index in [0.29, 0.717) is 28.6 Å². The summed E-state index contributed by atoms with van der Waals surface area (Å²) in [5.41, 5.74) is 0.661. The number of rotatable bonds is 7. The Hall–Kier alpha value is -3.99. The fourth-order valence-corrected chi connectivity index (χ4v) is 2.99. The van der Waals surface area contributed by atoms with Crippen LogP contribution in [0.5, 0.6) is 0 Å². The molecule has 0 saturated carbocycles. The van der Waals surface area contributed by atoms with E-state index in [-0.39, 0.29) is 11.3 Å². The first kappa shape index (κ1) is 21.7. The summed E-state index contributed by atoms with van der Waals surface area (Å²) >= 11 is 0. The van der Waals surface area contributed by atoms with Crippen molar-refractivity contribution in [1.82, 2.24) is 9.78 Å². The Kier molecular flexibility index (Phi) is 6.78. The molecule has 1 atom stereocenters. The first-order valence-corrected chi connectivity index (χ1v) is 9.96. The van der Waals surface area contributed by atoms with Gasteiger partial charge in [0.25, 0.3) is 11.5 Å². The lowest BCUT2D eigenvalue weighted by Gasteiger charge is -2.15. The van der Waals surface area contributed by atoms with Gasteiger partial charge in [-0.15, -0.1) is 0 Å². The number of aromatic nitrogens is 2. The molecule has 0 aliphatic carbocycles. The van der Waals surface area contributed by atoms with Gasteiger partial charge in [-0.1, -0.05) is 31.5 Å². The number of esters is 1. The molecule has 0 aliphatic heterocycles. The summed E-state index contributed by atoms with van der Waals surface area (Å²) < 4.78 is 6.61. The van der Waals surface area contributed by atoms with E-state index in [2.05, 4.69) is 10.4 Å². The summed E-state index contributed by atoms with van der Waals surface area (Å²) in [6, 6.07) is 15.0. The van der Waals surface area contributed by atoms with Crippen molar-refractivity contribution in [2.24, 2.45) is 0 Å². The van der Waals surface area contributed by atoms with Crippen molar-refractivity contribution in [3.8, 4) is 6.07 Å². The number of unbranched alkanes of at least 4 members (excludes halogenated alkanes) is 1. The van der Waals surface area contributed by atoms with Crippen molar-refractivity contribution in [2.45, 2.75) is 39.3 Å². The molecule has 8 nitrogen and oxygen atoms in total. The molecular formula is C23H22N4O4. The maximum atomic E-state index is 12.8. The third kappa shape index (κ3) is 4.95. The Morgan fingerprint density at radius 2 is 1.84 bits per heavy atom. The van der Waals surface area contributed by atoms with Gasteiger partial charge >= 0.3 is 5.97 Å². The Labute approximate surface area is 179 Å². The number of nitrogens with zero attached hydrogens (tertiary/aromatic N) is 3. The number of hydrogen-bond acceptors (Lipinski definition) is 6. The standard InChI is InChI=1S/C23H22N4O4/c1-3-4-13-27-22(29)19-8-6-5-7-18(19)20(26-27)23(30)31-15(2)21(28)25-17-11-9-16(14-24)10-12-17/h5-12,15H,3-4,13H2,1-2H3,(H,25,28)/t15-/m1/s1. The van der Waals surface area contributed by atoms with E-state index in [9.17, 15) is 14.4 Å². The van der Waals surface area contributed by atoms with Crippen molar-refractivity contribution in [3.63, 3.8) is 0 Å². The Bertz CT molecular complexity index is 1210. The first-order valence-electron chi connectivity index (χ1n) is 9.96. The van der Waals surface area contributed by atoms with Crippen LogP contribution in [0.1, 0.15) is 42.7 Å². The first-order chi connectivity index (χ1) is 14.9. The number of amides is 1. The number of anilines is 1. The van der Waals surface area contributed by atoms with E-state index >= 15 is 0 Å². The molecule has 31 heavy (non-hydrogen) atoms. The highest BCUT2D eigenvalue weighted by Gasteiger charge is 2.23. The SMILES string of the molecule is CCCCn1nc(C(=O)O[C@H](C)C(=O)Nc2ccc(C#N)cc2)c2ccccc2c1=O. The van der Waals surface area contributed by atoms with E-state index in [4.69, 9.17) is 10.00 Å². The molecule has 1 N–H and O–H groups in total. The van der Waals surface area contributed by atoms with Crippen LogP contribution in [0.25, 0.3) is 10.8 Å². The fraction of sp³-hybridized carbons (Fsp3) is 0.261. The maximum absolute atomic E-state index is 12.8. The average Bonchev–Trinajstić information content (AvgIpc) is 2.79. The lowest BCUT2D eigenvalue weighted by molar-refractivity contribution is -0.123. The van der Waals surface area contributed by atoms with Gasteiger partial charge in [0.05, 0.1) is 17.0 Å². The van der Waals surface area contributed by atoms with Crippen molar-refractivity contribution in [2.75, 3.05) is 5.32 Å². The summed E-state index contributed by atoms with van der Waals surface area (Å²) in [4.78, 5) is 37.9. The number of ether oxygens (including phenoxy) is 1. The number of hydrogen-bond donors (Lipinski definition) is 1. The lowest BCUT2D eigenvalue weighted by Crippen LogP contribution is -2.32. The van der Waals surface area contributed by atoms with Gasteiger partial charge in [0.1, 0.15) is 0 Å². The fourth-order valence-electron chi connectivity index (χ4n) is 2.99. The summed E-state index contributed by atoms with van der Waals surface area (Å²) in [5.74, 6) is -1.31. The number of benzene rings is 2. The van der Waals surface area contributed by atoms with Gasteiger partial charge in [-0.3, -0.25) is 9.59 Å². The van der Waals surface area contributed by atoms with E-state index in [0.717, 1.165) is 12.8 Å². The molecule has 0 bridgehead atoms. The van der Waals surface area contributed by atoms with Crippen LogP contribution in [-0.4, -0.2) is 27.8 Å². The summed E-state index contributed by atoms with van der Waals surface area (Å²) in [5, 5.41) is 16.4. The highest BCUT2D eigenvalue weighted by Crippen LogP contribution is 2.16. The highest BCUT2D eigenvalue weighted by atomic mass is 16.5. The molecule has 0 saturated heterocycles. The molecule has 3 rings (SSSR count). The van der Waals surface area contributed by atoms with Crippen molar-refractivity contribution >= 4 is 28.3 Å². The minimum atomic E-state index is -1.10. The quantitative estimate of drug-likeness (QED) is 0.589. The molecule has 2 aromatic carbocycles. The van der Waals surface area contributed by atoms with Crippen LogP contribution >= 0.6 is 0 Å². The summed E-state index contributed by atoms with van der Waals surface area (Å²) in [6.07, 6.45) is 0.510. The maximum Gasteiger partial charge on any atom is 0.360 e. The minimum Gasteiger partial charge on any atom is -0.448 e. The molecule has 158 valence electrons. The number of nitrogens with one attached hydrogen (secondary N) is 1. The van der Waals surface area contributed by atoms with Gasteiger partial charge in [-0.05, 0) is 43.7 Å². The number of carbonyl (C=O) groups excluding carboxylic acids is 2. The third-order valence-electron chi connectivity index (χ3n) is 4.72. The zero-order valence-corrected chi connectivity index (χ0v) is 17.3. The van der Waals surface area contributed by atoms with Gasteiger partial charge in [-0.2, -0.15) is 10.4 Å². The molecule has 1 heterocycles. The van der Waals surface area contributed by atoms with Gasteiger partial charge in [0.15, 0.2) is 11.8 Å². The molecular weight excluding hydrogens is 396 g/mol. The van der Waals surface area contributed by atoms with E-state index in [1.165, 1.54) is 11.6 Å². The molecule has 0 fully saturated rings. The molecule has 0 unspecified atom stereocenters. The second-order valence-corrected chi connectivity index (χ2v) is 7.00. The molecule has 0 aliphatic rings. The van der Waals surface area contributed by atoms with Crippen molar-refractivity contribution in [1.29, 1.82) is 5.26 Å². The molecule has 0 radical (unpaired) electrons. The van der Waals surface area contributed by atoms with Gasteiger partial charge in [-0.25, -0.2) is 9.48 Å². The monoisotopic (exact) mass is 418 g/mol. The van der Waals surface area contributed by atoms with Crippen LogP contribution in [0.2, 0.25) is 0 Å². The normalized spacial score (nSPS) is 11.5. The Morgan fingerprint density at radius 3 is 2.48 bits per heavy atom. The van der Waals surface area contributed by atoms with Crippen LogP contribution < -0.4 is 10.9 Å². The van der Waals surface area contributed by atoms with Crippen LogP contribution in [0.15, 0.2) is 53.3 Å². The summed E-state index contributed by atoms with van der Waals surface area (Å²) in [6.45, 7) is 3.83. The molecule has 1 amide bonds. The number of carbonyl (C=O) groups is 2. The Morgan fingerprint density at radius 1 is 1.16 bits per heavy atom. The zero-order valence-electron chi connectivity index (χ0n) is 17.3. The molecule has 8 heteroatoms. The van der Waals surface area contributed by atoms with Gasteiger partial charge < -0.3 is 10.1 Å². The topological polar surface area (TPSA) is 114 Å². The molecule has 0 spiro atoms. The van der Waals surface area contributed by atoms with Crippen LogP contribution in [0.3, 0.4) is 0 Å². The minimum absolute atomic E-state index is 0.00988. The largest absolute Gasteiger partial charge is 0.448 e. The van der Waals surface area contributed by atoms with E-state index in [1.807, 2.05) is 13.0 Å². The predicted molar refractivity (Wildman–Crippen MR) is 116 cm³/mol. The molecule has 1 aromatic heterocycles. The van der Waals surface area contributed by atoms with Crippen LogP contribution in [0.4, 0.5) is 5.69 Å². The second-order valence-electron chi connectivity index (χ2n) is 7.00. The Balaban J connectivity index is 1.81. The van der Waals surface area contributed by atoms with E-state index in [1.54, 1.807) is 48.5 Å². The number of aryl methyl sites for hydroxylation is 1. The third-order valence-corrected chi connectivity index (χ3v) is 4.72. The van der Waals surface area contributed by atoms with Crippen LogP contribution in [0, 0.1) is 11.3 Å². The van der Waals surface area contributed by atoms with Crippen molar-refractivity contribution < 1.29 is 14.3 Å². The highest BCUT2D eigenvalue weighted by molar-refractivity contribution is 6.03. The average molecular weight is 418 g/mol. The zero-order chi connectivity index (χ0) is 22.4. The van der Waals surface area contributed by atoms with Gasteiger partial charge in [0, 0.05) is 17.6 Å². The number of fused-ring (bicyclic) bond motifs is 1. The van der Waals surface area contributed by atoms with Crippen molar-refractivity contribution in [3.05, 3.63) is 70.1 Å². The summed E-state index contributed by atoms with van der Waals surface area (Å²) in [7, 11) is 0. The smallest absolute Gasteiger partial charge is 0.360 e. The van der Waals surface area contributed by atoms with Gasteiger partial charge in [0.2, 0.25) is 0 Å². The van der Waals surface area contributed by atoms with E-state index < -0.39 is 18.0 Å². The molecule has 3 aromatic rings. The number of nitriles is 1. The predicted octanol–water partition coefficient (Wildman–Crippen LogP) is 3.25.